The van der Waals surface area contributed by atoms with E-state index < -0.39 is 0 Å². The zero-order chi connectivity index (χ0) is 16.2. The van der Waals surface area contributed by atoms with Crippen molar-refractivity contribution in [1.29, 1.82) is 0 Å². The number of nitrogens with one attached hydrogen (secondary N) is 5. The highest BCUT2D eigenvalue weighted by molar-refractivity contribution is 6.04. The third-order valence-corrected chi connectivity index (χ3v) is 3.63. The van der Waals surface area contributed by atoms with Gasteiger partial charge in [0.05, 0.1) is 0 Å². The summed E-state index contributed by atoms with van der Waals surface area (Å²) in [5, 5.41) is 18.2. The lowest BCUT2D eigenvalue weighted by molar-refractivity contribution is 0.102. The van der Waals surface area contributed by atoms with Crippen LogP contribution >= 0.6 is 0 Å². The number of hydrogen-bond acceptors (Lipinski definition) is 4. The van der Waals surface area contributed by atoms with Crippen molar-refractivity contribution in [3.05, 3.63) is 41.2 Å². The molecular weight excluding hydrogens is 296 g/mol. The van der Waals surface area contributed by atoms with Gasteiger partial charge in [-0.1, -0.05) is 6.07 Å². The number of anilines is 2. The number of amides is 3. The van der Waals surface area contributed by atoms with Crippen LogP contribution < -0.4 is 21.3 Å². The normalized spacial score (nSPS) is 13.1. The number of aromatic amines is 1. The topological polar surface area (TPSA) is 111 Å². The average Bonchev–Trinajstić information content (AvgIpc) is 2.99. The minimum atomic E-state index is -0.319. The molecule has 1 aliphatic heterocycles. The molecule has 0 saturated carbocycles. The first kappa shape index (κ1) is 15.0. The zero-order valence-electron chi connectivity index (χ0n) is 12.7. The summed E-state index contributed by atoms with van der Waals surface area (Å²) in [5.74, 6) is -0.275. The molecule has 0 atom stereocenters. The lowest BCUT2D eigenvalue weighted by Crippen LogP contribution is -2.25. The van der Waals surface area contributed by atoms with Gasteiger partial charge >= 0.3 is 6.03 Å². The van der Waals surface area contributed by atoms with Crippen LogP contribution in [0.4, 0.5) is 16.2 Å². The van der Waals surface area contributed by atoms with E-state index in [4.69, 9.17) is 0 Å². The van der Waals surface area contributed by atoms with Crippen LogP contribution in [-0.2, 0) is 13.0 Å². The first-order chi connectivity index (χ1) is 11.2. The molecule has 23 heavy (non-hydrogen) atoms. The van der Waals surface area contributed by atoms with Gasteiger partial charge in [-0.15, -0.1) is 0 Å². The van der Waals surface area contributed by atoms with Crippen molar-refractivity contribution in [3.8, 4) is 0 Å². The maximum absolute atomic E-state index is 12.4. The van der Waals surface area contributed by atoms with Gasteiger partial charge in [0, 0.05) is 49.2 Å². The van der Waals surface area contributed by atoms with Crippen LogP contribution in [0.25, 0.3) is 0 Å². The number of nitrogens with zero attached hydrogens (tertiary/aromatic N) is 1. The SMILES string of the molecule is CNC(=O)Nc1cccc(NC(=O)c2n[nH]c3c2CNCC3)c1. The Kier molecular flexibility index (Phi) is 4.24. The highest BCUT2D eigenvalue weighted by Crippen LogP contribution is 2.19. The van der Waals surface area contributed by atoms with E-state index in [0.717, 1.165) is 24.2 Å². The Morgan fingerprint density at radius 1 is 1.22 bits per heavy atom. The second-order valence-electron chi connectivity index (χ2n) is 5.20. The van der Waals surface area contributed by atoms with E-state index >= 15 is 0 Å². The molecule has 3 rings (SSSR count). The number of hydrogen-bond donors (Lipinski definition) is 5. The Hall–Kier alpha value is -2.87. The molecule has 1 aromatic carbocycles. The minimum Gasteiger partial charge on any atom is -0.341 e. The van der Waals surface area contributed by atoms with Crippen LogP contribution in [0.2, 0.25) is 0 Å². The van der Waals surface area contributed by atoms with Crippen molar-refractivity contribution in [3.63, 3.8) is 0 Å². The molecule has 2 aromatic rings. The quantitative estimate of drug-likeness (QED) is 0.583. The predicted molar refractivity (Wildman–Crippen MR) is 86.5 cm³/mol. The average molecular weight is 314 g/mol. The van der Waals surface area contributed by atoms with Gasteiger partial charge in [0.25, 0.3) is 5.91 Å². The largest absolute Gasteiger partial charge is 0.341 e. The zero-order valence-corrected chi connectivity index (χ0v) is 12.7. The number of urea groups is 1. The molecule has 0 fully saturated rings. The van der Waals surface area contributed by atoms with E-state index in [9.17, 15) is 9.59 Å². The van der Waals surface area contributed by atoms with Crippen LogP contribution in [0.3, 0.4) is 0 Å². The number of H-pyrrole nitrogens is 1. The van der Waals surface area contributed by atoms with Gasteiger partial charge in [-0.25, -0.2) is 4.79 Å². The van der Waals surface area contributed by atoms with Crippen molar-refractivity contribution in [1.82, 2.24) is 20.8 Å². The summed E-state index contributed by atoms with van der Waals surface area (Å²) in [6.07, 6.45) is 0.834. The fourth-order valence-electron chi connectivity index (χ4n) is 2.47. The van der Waals surface area contributed by atoms with Crippen molar-refractivity contribution < 1.29 is 9.59 Å². The summed E-state index contributed by atoms with van der Waals surface area (Å²) in [6, 6.07) is 6.61. The Bertz CT molecular complexity index is 739. The van der Waals surface area contributed by atoms with E-state index in [1.807, 2.05) is 0 Å². The second kappa shape index (κ2) is 6.49. The first-order valence-corrected chi connectivity index (χ1v) is 7.34. The number of benzene rings is 1. The standard InChI is InChI=1S/C15H18N6O2/c1-16-15(23)19-10-4-2-3-9(7-10)18-14(22)13-11-8-17-6-5-12(11)20-21-13/h2-4,7,17H,5-6,8H2,1H3,(H,18,22)(H,20,21)(H2,16,19,23). The monoisotopic (exact) mass is 314 g/mol. The minimum absolute atomic E-state index is 0.275. The maximum atomic E-state index is 12.4. The lowest BCUT2D eigenvalue weighted by atomic mass is 10.1. The summed E-state index contributed by atoms with van der Waals surface area (Å²) >= 11 is 0. The molecular formula is C15H18N6O2. The van der Waals surface area contributed by atoms with Gasteiger partial charge in [0.1, 0.15) is 0 Å². The maximum Gasteiger partial charge on any atom is 0.318 e. The summed E-state index contributed by atoms with van der Waals surface area (Å²) in [7, 11) is 1.54. The van der Waals surface area contributed by atoms with E-state index in [1.54, 1.807) is 24.3 Å². The van der Waals surface area contributed by atoms with Gasteiger partial charge in [-0.05, 0) is 18.2 Å². The molecule has 3 amide bonds. The summed E-state index contributed by atoms with van der Waals surface area (Å²) in [5.41, 5.74) is 3.49. The van der Waals surface area contributed by atoms with Crippen LogP contribution in [0.15, 0.2) is 24.3 Å². The third-order valence-electron chi connectivity index (χ3n) is 3.63. The highest BCUT2D eigenvalue weighted by Gasteiger charge is 2.21. The fourth-order valence-corrected chi connectivity index (χ4v) is 2.47. The summed E-state index contributed by atoms with van der Waals surface area (Å²) in [4.78, 5) is 23.7. The molecule has 0 bridgehead atoms. The van der Waals surface area contributed by atoms with Crippen molar-refractivity contribution in [2.24, 2.45) is 0 Å². The van der Waals surface area contributed by atoms with Crippen molar-refractivity contribution in [2.75, 3.05) is 24.2 Å². The van der Waals surface area contributed by atoms with Gasteiger partial charge < -0.3 is 21.3 Å². The van der Waals surface area contributed by atoms with Crippen LogP contribution in [0.5, 0.6) is 0 Å². The molecule has 120 valence electrons. The van der Waals surface area contributed by atoms with Crippen molar-refractivity contribution >= 4 is 23.3 Å². The number of rotatable bonds is 3. The fraction of sp³-hybridized carbons (Fsp3) is 0.267. The van der Waals surface area contributed by atoms with Crippen LogP contribution in [0.1, 0.15) is 21.7 Å². The lowest BCUT2D eigenvalue weighted by Gasteiger charge is -2.13. The predicted octanol–water partition coefficient (Wildman–Crippen LogP) is 1.06. The number of carbonyl (C=O) groups excluding carboxylic acids is 2. The summed E-state index contributed by atoms with van der Waals surface area (Å²) < 4.78 is 0. The molecule has 8 heteroatoms. The molecule has 0 saturated heterocycles. The van der Waals surface area contributed by atoms with Gasteiger partial charge in [-0.2, -0.15) is 5.10 Å². The van der Waals surface area contributed by atoms with Crippen molar-refractivity contribution in [2.45, 2.75) is 13.0 Å². The smallest absolute Gasteiger partial charge is 0.318 e. The molecule has 1 aromatic heterocycles. The molecule has 0 aliphatic carbocycles. The van der Waals surface area contributed by atoms with Crippen LogP contribution in [-0.4, -0.2) is 35.7 Å². The second-order valence-corrected chi connectivity index (χ2v) is 5.20. The van der Waals surface area contributed by atoms with Crippen LogP contribution in [0, 0.1) is 0 Å². The molecule has 2 heterocycles. The number of carbonyl (C=O) groups is 2. The van der Waals surface area contributed by atoms with Gasteiger partial charge in [-0.3, -0.25) is 9.89 Å². The molecule has 0 radical (unpaired) electrons. The molecule has 0 spiro atoms. The molecule has 1 aliphatic rings. The Labute approximate surface area is 133 Å². The number of fused-ring (bicyclic) bond motifs is 1. The van der Waals surface area contributed by atoms with E-state index in [1.165, 1.54) is 7.05 Å². The van der Waals surface area contributed by atoms with E-state index in [-0.39, 0.29) is 11.9 Å². The molecule has 8 nitrogen and oxygen atoms in total. The third kappa shape index (κ3) is 3.32. The van der Waals surface area contributed by atoms with Gasteiger partial charge in [0.2, 0.25) is 0 Å². The Morgan fingerprint density at radius 2 is 2.00 bits per heavy atom. The number of aromatic nitrogens is 2. The first-order valence-electron chi connectivity index (χ1n) is 7.34. The van der Waals surface area contributed by atoms with Gasteiger partial charge in [0.15, 0.2) is 5.69 Å². The highest BCUT2D eigenvalue weighted by atomic mass is 16.2. The van der Waals surface area contributed by atoms with E-state index in [0.29, 0.717) is 23.6 Å². The Balaban J connectivity index is 1.74. The molecule has 5 N–H and O–H groups in total. The summed E-state index contributed by atoms with van der Waals surface area (Å²) in [6.45, 7) is 1.51. The van der Waals surface area contributed by atoms with E-state index in [2.05, 4.69) is 31.5 Å². The Morgan fingerprint density at radius 3 is 2.78 bits per heavy atom. The molecule has 0 unspecified atom stereocenters.